The zero-order chi connectivity index (χ0) is 35.2. The van der Waals surface area contributed by atoms with Crippen LogP contribution in [0.25, 0.3) is 0 Å². The van der Waals surface area contributed by atoms with Crippen molar-refractivity contribution in [1.82, 2.24) is 0 Å². The molecule has 4 N–H and O–H groups in total. The molecule has 1 aliphatic heterocycles. The molecule has 13 nitrogen and oxygen atoms in total. The summed E-state index contributed by atoms with van der Waals surface area (Å²) < 4.78 is 41.1. The molecule has 0 saturated heterocycles. The number of esters is 1. The number of fused-ring (bicyclic) bond motifs is 1. The molecule has 0 saturated carbocycles. The Morgan fingerprint density at radius 1 is 0.837 bits per heavy atom. The number of hydrogen-bond donors (Lipinski definition) is 4. The number of ketones is 1. The third-order valence-corrected chi connectivity index (χ3v) is 7.81. The van der Waals surface area contributed by atoms with Gasteiger partial charge in [-0.25, -0.2) is 4.79 Å². The molecule has 4 aromatic rings. The maximum Gasteiger partial charge on any atom is 0.338 e. The van der Waals surface area contributed by atoms with E-state index in [1.165, 1.54) is 57.7 Å². The summed E-state index contributed by atoms with van der Waals surface area (Å²) in [5.74, 6) is -1.13. The second-order valence-corrected chi connectivity index (χ2v) is 10.9. The molecule has 0 fully saturated rings. The lowest BCUT2D eigenvalue weighted by Gasteiger charge is -2.30. The van der Waals surface area contributed by atoms with Gasteiger partial charge in [0, 0.05) is 24.3 Å². The zero-order valence-corrected chi connectivity index (χ0v) is 27.2. The summed E-state index contributed by atoms with van der Waals surface area (Å²) in [6, 6.07) is 15.7. The van der Waals surface area contributed by atoms with Gasteiger partial charge in [-0.15, -0.1) is 0 Å². The van der Waals surface area contributed by atoms with Gasteiger partial charge in [-0.1, -0.05) is 6.07 Å². The fraction of sp³-hybridized carbons (Fsp3) is 0.278. The van der Waals surface area contributed by atoms with E-state index >= 15 is 0 Å². The Labute approximate surface area is 281 Å². The van der Waals surface area contributed by atoms with Crippen LogP contribution in [0.4, 0.5) is 0 Å². The summed E-state index contributed by atoms with van der Waals surface area (Å²) in [6.45, 7) is 1.68. The summed E-state index contributed by atoms with van der Waals surface area (Å²) in [5.41, 5.74) is 1.19. The van der Waals surface area contributed by atoms with Crippen LogP contribution in [0, 0.1) is 0 Å². The van der Waals surface area contributed by atoms with Crippen LogP contribution in [0.15, 0.2) is 66.7 Å². The molecular weight excluding hydrogens is 640 g/mol. The topological polar surface area (TPSA) is 180 Å². The van der Waals surface area contributed by atoms with E-state index in [0.717, 1.165) is 6.07 Å². The number of hydrogen-bond acceptors (Lipinski definition) is 13. The minimum Gasteiger partial charge on any atom is -0.508 e. The molecule has 0 bridgehead atoms. The number of carbonyl (C=O) groups is 2. The molecule has 13 heteroatoms. The molecule has 0 aliphatic carbocycles. The number of phenolic OH excluding ortho intramolecular Hbond substituents is 4. The predicted molar refractivity (Wildman–Crippen MR) is 173 cm³/mol. The third kappa shape index (κ3) is 7.52. The lowest BCUT2D eigenvalue weighted by molar-refractivity contribution is -0.0515. The van der Waals surface area contributed by atoms with Gasteiger partial charge in [0.25, 0.3) is 0 Å². The van der Waals surface area contributed by atoms with Crippen LogP contribution in [0.1, 0.15) is 57.4 Å². The number of Topliss-reactive ketones (excluding diaryl/α,β-unsaturated/α-hetero) is 1. The lowest BCUT2D eigenvalue weighted by Crippen LogP contribution is -2.33. The monoisotopic (exact) mass is 676 g/mol. The molecule has 0 radical (unpaired) electrons. The Morgan fingerprint density at radius 2 is 1.51 bits per heavy atom. The van der Waals surface area contributed by atoms with Gasteiger partial charge in [-0.2, -0.15) is 0 Å². The van der Waals surface area contributed by atoms with Crippen molar-refractivity contribution in [3.8, 4) is 51.7 Å². The minimum atomic E-state index is -1.03. The van der Waals surface area contributed by atoms with Crippen molar-refractivity contribution < 1.29 is 63.2 Å². The van der Waals surface area contributed by atoms with E-state index in [0.29, 0.717) is 11.1 Å². The Morgan fingerprint density at radius 3 is 2.14 bits per heavy atom. The Hall–Kier alpha value is -5.82. The van der Waals surface area contributed by atoms with Crippen molar-refractivity contribution >= 4 is 11.8 Å². The molecule has 1 aliphatic rings. The second kappa shape index (κ2) is 14.9. The lowest BCUT2D eigenvalue weighted by atomic mass is 9.95. The molecule has 3 atom stereocenters. The molecule has 0 aromatic heterocycles. The number of phenols is 4. The summed E-state index contributed by atoms with van der Waals surface area (Å²) in [5, 5.41) is 40.1. The highest BCUT2D eigenvalue weighted by molar-refractivity contribution is 6.02. The fourth-order valence-electron chi connectivity index (χ4n) is 5.46. The van der Waals surface area contributed by atoms with Crippen molar-refractivity contribution in [3.05, 3.63) is 89.0 Å². The van der Waals surface area contributed by atoms with Crippen LogP contribution in [0.2, 0.25) is 0 Å². The van der Waals surface area contributed by atoms with Crippen molar-refractivity contribution in [2.24, 2.45) is 0 Å². The zero-order valence-electron chi connectivity index (χ0n) is 27.2. The first-order chi connectivity index (χ1) is 23.6. The van der Waals surface area contributed by atoms with Gasteiger partial charge in [0.1, 0.15) is 47.4 Å². The number of ether oxygens (including phenoxy) is 7. The SMILES string of the molecule is CCO[C@@H](c1ccc(O)c(OC)c1)[C@H](COC(=O)c1ccc(O)cc1)Oc1c(OC)cc([C@@H]2CC(=O)c3c(O)cc(O)cc3O2)cc1OC. The van der Waals surface area contributed by atoms with Gasteiger partial charge in [0.05, 0.1) is 33.3 Å². The number of carbonyl (C=O) groups excluding carboxylic acids is 2. The van der Waals surface area contributed by atoms with Gasteiger partial charge in [-0.05, 0) is 61.0 Å². The quantitative estimate of drug-likeness (QED) is 0.128. The van der Waals surface area contributed by atoms with E-state index in [4.69, 9.17) is 33.2 Å². The van der Waals surface area contributed by atoms with E-state index in [9.17, 15) is 30.0 Å². The first-order valence-corrected chi connectivity index (χ1v) is 15.2. The van der Waals surface area contributed by atoms with E-state index in [1.54, 1.807) is 31.2 Å². The Balaban J connectivity index is 1.52. The summed E-state index contributed by atoms with van der Waals surface area (Å²) in [7, 11) is 4.23. The molecule has 4 aromatic carbocycles. The first kappa shape index (κ1) is 34.5. The highest BCUT2D eigenvalue weighted by atomic mass is 16.6. The predicted octanol–water partition coefficient (Wildman–Crippen LogP) is 5.62. The van der Waals surface area contributed by atoms with Gasteiger partial charge < -0.3 is 53.6 Å². The van der Waals surface area contributed by atoms with E-state index in [1.807, 2.05) is 0 Å². The molecule has 0 spiro atoms. The highest BCUT2D eigenvalue weighted by Crippen LogP contribution is 2.46. The summed E-state index contributed by atoms with van der Waals surface area (Å²) >= 11 is 0. The third-order valence-electron chi connectivity index (χ3n) is 7.81. The van der Waals surface area contributed by atoms with E-state index < -0.39 is 24.3 Å². The standard InChI is InChI=1S/C36H36O13/c1-5-46-34(20-8-11-24(39)28(12-20)43-2)32(18-47-36(42)19-6-9-22(37)10-7-19)49-35-30(44-3)13-21(14-31(35)45-4)27-17-26(41)33-25(40)15-23(38)16-29(33)48-27/h6-16,27,32,34,37-40H,5,17-18H2,1-4H3/t27-,32-,34-/m0/s1. The number of methoxy groups -OCH3 is 3. The second-order valence-electron chi connectivity index (χ2n) is 10.9. The van der Waals surface area contributed by atoms with Crippen LogP contribution < -0.4 is 23.7 Å². The Bertz CT molecular complexity index is 1790. The molecule has 5 rings (SSSR count). The van der Waals surface area contributed by atoms with Crippen molar-refractivity contribution in [2.75, 3.05) is 34.5 Å². The van der Waals surface area contributed by atoms with E-state index in [-0.39, 0.29) is 88.3 Å². The van der Waals surface area contributed by atoms with Crippen molar-refractivity contribution in [3.63, 3.8) is 0 Å². The fourth-order valence-corrected chi connectivity index (χ4v) is 5.46. The van der Waals surface area contributed by atoms with Crippen LogP contribution in [0.3, 0.4) is 0 Å². The summed E-state index contributed by atoms with van der Waals surface area (Å²) in [4.78, 5) is 26.0. The highest BCUT2D eigenvalue weighted by Gasteiger charge is 2.34. The van der Waals surface area contributed by atoms with Crippen molar-refractivity contribution in [1.29, 1.82) is 0 Å². The minimum absolute atomic E-state index is 0.0124. The van der Waals surface area contributed by atoms with Crippen LogP contribution in [-0.2, 0) is 9.47 Å². The average Bonchev–Trinajstić information content (AvgIpc) is 3.08. The molecule has 1 heterocycles. The van der Waals surface area contributed by atoms with Gasteiger partial charge in [0.15, 0.2) is 34.9 Å². The molecule has 0 amide bonds. The number of rotatable bonds is 13. The number of aromatic hydroxyl groups is 4. The van der Waals surface area contributed by atoms with Gasteiger partial charge >= 0.3 is 5.97 Å². The van der Waals surface area contributed by atoms with Crippen LogP contribution in [0.5, 0.6) is 51.7 Å². The molecule has 0 unspecified atom stereocenters. The molecule has 49 heavy (non-hydrogen) atoms. The van der Waals surface area contributed by atoms with E-state index in [2.05, 4.69) is 0 Å². The maximum atomic E-state index is 13.0. The van der Waals surface area contributed by atoms with Crippen LogP contribution in [-0.4, -0.2) is 72.8 Å². The first-order valence-electron chi connectivity index (χ1n) is 15.2. The normalized spacial score (nSPS) is 14.9. The maximum absolute atomic E-state index is 13.0. The van der Waals surface area contributed by atoms with Gasteiger partial charge in [0.2, 0.25) is 5.75 Å². The largest absolute Gasteiger partial charge is 0.508 e. The molecular formula is C36H36O13. The smallest absolute Gasteiger partial charge is 0.338 e. The van der Waals surface area contributed by atoms with Crippen molar-refractivity contribution in [2.45, 2.75) is 31.7 Å². The number of benzene rings is 4. The van der Waals surface area contributed by atoms with Crippen LogP contribution >= 0.6 is 0 Å². The average molecular weight is 677 g/mol. The molecule has 258 valence electrons. The Kier molecular flexibility index (Phi) is 10.5. The van der Waals surface area contributed by atoms with Gasteiger partial charge in [-0.3, -0.25) is 4.79 Å². The summed E-state index contributed by atoms with van der Waals surface area (Å²) in [6.07, 6.45) is -2.87.